The first-order valence-corrected chi connectivity index (χ1v) is 8.23. The van der Waals surface area contributed by atoms with Gasteiger partial charge in [0, 0.05) is 11.1 Å². The quantitative estimate of drug-likeness (QED) is 0.709. The Hall–Kier alpha value is -3.28. The Morgan fingerprint density at radius 3 is 2.31 bits per heavy atom. The van der Waals surface area contributed by atoms with Crippen molar-refractivity contribution in [3.63, 3.8) is 0 Å². The molecule has 0 unspecified atom stereocenters. The highest BCUT2D eigenvalue weighted by Crippen LogP contribution is 2.15. The number of carbonyl (C=O) groups excluding carboxylic acids is 2. The number of nitrogens with one attached hydrogen (secondary N) is 1. The van der Waals surface area contributed by atoms with Crippen LogP contribution in [0.3, 0.4) is 0 Å². The van der Waals surface area contributed by atoms with E-state index in [9.17, 15) is 9.59 Å². The minimum absolute atomic E-state index is 0.0458. The second kappa shape index (κ2) is 7.31. The van der Waals surface area contributed by atoms with Crippen LogP contribution in [0.1, 0.15) is 50.2 Å². The van der Waals surface area contributed by atoms with E-state index < -0.39 is 0 Å². The lowest BCUT2D eigenvalue weighted by molar-refractivity contribution is 0.100. The molecular formula is C20H19N3O3. The predicted molar refractivity (Wildman–Crippen MR) is 97.4 cm³/mol. The summed E-state index contributed by atoms with van der Waals surface area (Å²) in [6.07, 6.45) is 0.497. The number of benzene rings is 2. The van der Waals surface area contributed by atoms with Crippen molar-refractivity contribution in [1.82, 2.24) is 10.2 Å². The molecule has 0 aliphatic heterocycles. The molecule has 0 atom stereocenters. The Balaban J connectivity index is 1.66. The van der Waals surface area contributed by atoms with Crippen LogP contribution in [0, 0.1) is 13.8 Å². The molecule has 3 aromatic rings. The minimum atomic E-state index is -0.374. The van der Waals surface area contributed by atoms with E-state index in [1.54, 1.807) is 24.3 Å². The fourth-order valence-corrected chi connectivity index (χ4v) is 2.49. The average Bonchev–Trinajstić information content (AvgIpc) is 3.05. The maximum atomic E-state index is 12.2. The van der Waals surface area contributed by atoms with Crippen LogP contribution in [0.4, 0.5) is 6.01 Å². The summed E-state index contributed by atoms with van der Waals surface area (Å²) in [6.45, 7) is 5.59. The van der Waals surface area contributed by atoms with Crippen molar-refractivity contribution in [2.24, 2.45) is 0 Å². The van der Waals surface area contributed by atoms with Crippen LogP contribution in [0.2, 0.25) is 0 Å². The van der Waals surface area contributed by atoms with Crippen LogP contribution in [-0.4, -0.2) is 21.9 Å². The zero-order chi connectivity index (χ0) is 18.7. The molecule has 26 heavy (non-hydrogen) atoms. The van der Waals surface area contributed by atoms with E-state index in [2.05, 4.69) is 41.5 Å². The number of carbonyl (C=O) groups is 2. The van der Waals surface area contributed by atoms with Gasteiger partial charge in [0.25, 0.3) is 5.91 Å². The largest absolute Gasteiger partial charge is 0.407 e. The number of nitrogens with zero attached hydrogens (tertiary/aromatic N) is 2. The summed E-state index contributed by atoms with van der Waals surface area (Å²) < 4.78 is 5.50. The van der Waals surface area contributed by atoms with Crippen molar-refractivity contribution in [3.8, 4) is 0 Å². The van der Waals surface area contributed by atoms with E-state index >= 15 is 0 Å². The molecule has 0 spiro atoms. The molecule has 0 bridgehead atoms. The monoisotopic (exact) mass is 349 g/mol. The number of hydrogen-bond donors (Lipinski definition) is 1. The molecule has 3 rings (SSSR count). The van der Waals surface area contributed by atoms with Gasteiger partial charge in [0.1, 0.15) is 0 Å². The molecule has 0 saturated carbocycles. The molecule has 0 fully saturated rings. The third-order valence-corrected chi connectivity index (χ3v) is 4.17. The highest BCUT2D eigenvalue weighted by atomic mass is 16.4. The lowest BCUT2D eigenvalue weighted by Crippen LogP contribution is -2.12. The van der Waals surface area contributed by atoms with Gasteiger partial charge in [-0.05, 0) is 49.6 Å². The molecule has 1 N–H and O–H groups in total. The van der Waals surface area contributed by atoms with Crippen molar-refractivity contribution in [3.05, 3.63) is 76.2 Å². The molecule has 132 valence electrons. The fraction of sp³-hybridized carbons (Fsp3) is 0.200. The summed E-state index contributed by atoms with van der Waals surface area (Å²) in [4.78, 5) is 23.5. The van der Waals surface area contributed by atoms with Crippen LogP contribution in [-0.2, 0) is 6.42 Å². The molecule has 6 heteroatoms. The second-order valence-corrected chi connectivity index (χ2v) is 6.18. The van der Waals surface area contributed by atoms with Crippen molar-refractivity contribution in [2.45, 2.75) is 27.2 Å². The van der Waals surface area contributed by atoms with Crippen LogP contribution >= 0.6 is 0 Å². The van der Waals surface area contributed by atoms with E-state index in [-0.39, 0.29) is 17.7 Å². The maximum Gasteiger partial charge on any atom is 0.322 e. The first-order valence-electron chi connectivity index (χ1n) is 8.23. The lowest BCUT2D eigenvalue weighted by Gasteiger charge is -2.03. The van der Waals surface area contributed by atoms with Gasteiger partial charge in [-0.25, -0.2) is 0 Å². The van der Waals surface area contributed by atoms with E-state index in [4.69, 9.17) is 4.42 Å². The third-order valence-electron chi connectivity index (χ3n) is 4.17. The third kappa shape index (κ3) is 4.03. The Bertz CT molecular complexity index is 959. The van der Waals surface area contributed by atoms with Crippen molar-refractivity contribution >= 4 is 17.7 Å². The fourth-order valence-electron chi connectivity index (χ4n) is 2.49. The van der Waals surface area contributed by atoms with Gasteiger partial charge >= 0.3 is 6.01 Å². The van der Waals surface area contributed by atoms with Gasteiger partial charge in [0.2, 0.25) is 5.89 Å². The van der Waals surface area contributed by atoms with Gasteiger partial charge in [-0.3, -0.25) is 14.9 Å². The van der Waals surface area contributed by atoms with Crippen LogP contribution in [0.15, 0.2) is 46.9 Å². The highest BCUT2D eigenvalue weighted by Gasteiger charge is 2.12. The number of aryl methyl sites for hydroxylation is 2. The number of rotatable bonds is 5. The highest BCUT2D eigenvalue weighted by molar-refractivity contribution is 6.04. The van der Waals surface area contributed by atoms with E-state index in [1.807, 2.05) is 6.07 Å². The number of hydrogen-bond acceptors (Lipinski definition) is 5. The van der Waals surface area contributed by atoms with Crippen molar-refractivity contribution in [2.75, 3.05) is 5.32 Å². The summed E-state index contributed by atoms with van der Waals surface area (Å²) in [5, 5.41) is 10.4. The number of amides is 1. The summed E-state index contributed by atoms with van der Waals surface area (Å²) >= 11 is 0. The smallest absolute Gasteiger partial charge is 0.322 e. The standard InChI is InChI=1S/C20H19N3O3/c1-12-4-5-15(10-13(12)2)11-18-22-23-20(26-18)21-19(25)17-8-6-16(7-9-17)14(3)24/h4-10H,11H2,1-3H3,(H,21,23,25). The predicted octanol–water partition coefficient (Wildman–Crippen LogP) is 3.73. The molecule has 0 radical (unpaired) electrons. The molecule has 1 aromatic heterocycles. The Labute approximate surface area is 151 Å². The van der Waals surface area contributed by atoms with Gasteiger partial charge in [0.05, 0.1) is 6.42 Å². The van der Waals surface area contributed by atoms with Crippen LogP contribution < -0.4 is 5.32 Å². The molecule has 2 aromatic carbocycles. The molecule has 6 nitrogen and oxygen atoms in total. The summed E-state index contributed by atoms with van der Waals surface area (Å²) in [7, 11) is 0. The summed E-state index contributed by atoms with van der Waals surface area (Å²) in [5.41, 5.74) is 4.45. The van der Waals surface area contributed by atoms with Gasteiger partial charge in [-0.1, -0.05) is 35.4 Å². The van der Waals surface area contributed by atoms with Crippen LogP contribution in [0.25, 0.3) is 0 Å². The zero-order valence-corrected chi connectivity index (χ0v) is 14.9. The average molecular weight is 349 g/mol. The minimum Gasteiger partial charge on any atom is -0.407 e. The molecular weight excluding hydrogens is 330 g/mol. The number of ketones is 1. The Morgan fingerprint density at radius 1 is 0.962 bits per heavy atom. The lowest BCUT2D eigenvalue weighted by atomic mass is 10.0. The van der Waals surface area contributed by atoms with E-state index in [1.165, 1.54) is 18.1 Å². The Kier molecular flexibility index (Phi) is 4.93. The van der Waals surface area contributed by atoms with Gasteiger partial charge in [0.15, 0.2) is 5.78 Å². The first-order chi connectivity index (χ1) is 12.4. The molecule has 0 saturated heterocycles. The SMILES string of the molecule is CC(=O)c1ccc(C(=O)Nc2nnc(Cc3ccc(C)c(C)c3)o2)cc1. The maximum absolute atomic E-state index is 12.2. The van der Waals surface area contributed by atoms with Gasteiger partial charge in [-0.15, -0.1) is 5.10 Å². The summed E-state index contributed by atoms with van der Waals surface area (Å²) in [6, 6.07) is 12.6. The van der Waals surface area contributed by atoms with E-state index in [0.29, 0.717) is 23.4 Å². The molecule has 1 heterocycles. The number of anilines is 1. The molecule has 0 aliphatic rings. The van der Waals surface area contributed by atoms with Crippen molar-refractivity contribution in [1.29, 1.82) is 0 Å². The van der Waals surface area contributed by atoms with E-state index in [0.717, 1.165) is 5.56 Å². The Morgan fingerprint density at radius 2 is 1.65 bits per heavy atom. The topological polar surface area (TPSA) is 85.1 Å². The number of aromatic nitrogens is 2. The van der Waals surface area contributed by atoms with Gasteiger partial charge < -0.3 is 4.42 Å². The van der Waals surface area contributed by atoms with Gasteiger partial charge in [-0.2, -0.15) is 0 Å². The number of Topliss-reactive ketones (excluding diaryl/α,β-unsaturated/α-hetero) is 1. The molecule has 0 aliphatic carbocycles. The second-order valence-electron chi connectivity index (χ2n) is 6.18. The van der Waals surface area contributed by atoms with Crippen LogP contribution in [0.5, 0.6) is 0 Å². The molecule has 1 amide bonds. The normalized spacial score (nSPS) is 10.6. The first kappa shape index (κ1) is 17.5. The van der Waals surface area contributed by atoms with Crippen molar-refractivity contribution < 1.29 is 14.0 Å². The zero-order valence-electron chi connectivity index (χ0n) is 14.9. The summed E-state index contributed by atoms with van der Waals surface area (Å²) in [5.74, 6) is 0.00167.